The highest BCUT2D eigenvalue weighted by Crippen LogP contribution is 2.35. The molecule has 1 aromatic carbocycles. The Kier molecular flexibility index (Phi) is 5.67. The number of nitrogens with zero attached hydrogens (tertiary/aromatic N) is 4. The topological polar surface area (TPSA) is 60.3 Å². The van der Waals surface area contributed by atoms with Gasteiger partial charge in [0.2, 0.25) is 0 Å². The fraction of sp³-hybridized carbons (Fsp3) is 0.350. The van der Waals surface area contributed by atoms with Crippen LogP contribution in [0.4, 0.5) is 10.1 Å². The summed E-state index contributed by atoms with van der Waals surface area (Å²) >= 11 is 6.47. The average Bonchev–Trinajstić information content (AvgIpc) is 2.66. The van der Waals surface area contributed by atoms with Crippen LogP contribution in [0.3, 0.4) is 0 Å². The van der Waals surface area contributed by atoms with Crippen LogP contribution in [0.15, 0.2) is 29.2 Å². The summed E-state index contributed by atoms with van der Waals surface area (Å²) in [5.74, 6) is -0.396. The van der Waals surface area contributed by atoms with Gasteiger partial charge in [-0.3, -0.25) is 9.36 Å². The number of halogens is 2. The van der Waals surface area contributed by atoms with Crippen LogP contribution in [0.2, 0.25) is 5.02 Å². The molecule has 0 bridgehead atoms. The summed E-state index contributed by atoms with van der Waals surface area (Å²) in [5.41, 5.74) is 2.48. The fourth-order valence-corrected chi connectivity index (χ4v) is 3.32. The molecule has 2 heterocycles. The van der Waals surface area contributed by atoms with Gasteiger partial charge in [0.15, 0.2) is 5.65 Å². The maximum absolute atomic E-state index is 14.6. The normalized spacial score (nSPS) is 12.4. The monoisotopic (exact) mass is 404 g/mol. The van der Waals surface area contributed by atoms with Crippen molar-refractivity contribution in [1.82, 2.24) is 14.5 Å². The minimum absolute atomic E-state index is 0.187. The number of aryl methyl sites for hydroxylation is 1. The molecule has 0 amide bonds. The summed E-state index contributed by atoms with van der Waals surface area (Å²) in [4.78, 5) is 23.1. The minimum Gasteiger partial charge on any atom is -0.380 e. The molecule has 0 aliphatic carbocycles. The van der Waals surface area contributed by atoms with Crippen LogP contribution >= 0.6 is 11.6 Å². The summed E-state index contributed by atoms with van der Waals surface area (Å²) in [6.45, 7) is 3.83. The standard InChI is InChI=1S/C20H22ClFN4O2/c1-11(28-5)10-26-19-18(24-12(2)20(26)27)13(6-7-23-19)14-8-16(22)17(25(3)4)9-15(14)21/h6-9,11H,10H2,1-5H3. The highest BCUT2D eigenvalue weighted by molar-refractivity contribution is 6.34. The number of anilines is 1. The lowest BCUT2D eigenvalue weighted by atomic mass is 10.0. The molecule has 2 aromatic heterocycles. The number of rotatable bonds is 5. The smallest absolute Gasteiger partial charge is 0.273 e. The van der Waals surface area contributed by atoms with Crippen LogP contribution in [-0.2, 0) is 11.3 Å². The van der Waals surface area contributed by atoms with E-state index < -0.39 is 5.82 Å². The molecule has 3 rings (SSSR count). The van der Waals surface area contributed by atoms with Gasteiger partial charge in [-0.2, -0.15) is 0 Å². The van der Waals surface area contributed by atoms with E-state index in [1.54, 1.807) is 51.4 Å². The van der Waals surface area contributed by atoms with Crippen LogP contribution in [0.1, 0.15) is 12.6 Å². The number of benzene rings is 1. The maximum atomic E-state index is 14.6. The summed E-state index contributed by atoms with van der Waals surface area (Å²) in [5, 5.41) is 0.389. The summed E-state index contributed by atoms with van der Waals surface area (Å²) < 4.78 is 21.4. The Balaban J connectivity index is 2.30. The predicted molar refractivity (Wildman–Crippen MR) is 110 cm³/mol. The minimum atomic E-state index is -0.396. The molecule has 0 N–H and O–H groups in total. The van der Waals surface area contributed by atoms with Gasteiger partial charge in [0.05, 0.1) is 23.4 Å². The molecule has 0 radical (unpaired) electrons. The first-order valence-corrected chi connectivity index (χ1v) is 9.18. The number of aromatic nitrogens is 3. The van der Waals surface area contributed by atoms with E-state index in [4.69, 9.17) is 16.3 Å². The SMILES string of the molecule is COC(C)Cn1c(=O)c(C)nc2c(-c3cc(F)c(N(C)C)cc3Cl)ccnc21. The van der Waals surface area contributed by atoms with E-state index in [9.17, 15) is 9.18 Å². The Hall–Kier alpha value is -2.51. The third kappa shape index (κ3) is 3.59. The molecular weight excluding hydrogens is 383 g/mol. The molecule has 0 fully saturated rings. The van der Waals surface area contributed by atoms with Gasteiger partial charge in [0.1, 0.15) is 17.0 Å². The summed E-state index contributed by atoms with van der Waals surface area (Å²) in [6.07, 6.45) is 1.38. The van der Waals surface area contributed by atoms with E-state index in [-0.39, 0.29) is 11.7 Å². The lowest BCUT2D eigenvalue weighted by Gasteiger charge is -2.18. The summed E-state index contributed by atoms with van der Waals surface area (Å²) in [6, 6.07) is 4.68. The second-order valence-electron chi connectivity index (χ2n) is 6.87. The quantitative estimate of drug-likeness (QED) is 0.649. The van der Waals surface area contributed by atoms with Crippen molar-refractivity contribution in [3.8, 4) is 11.1 Å². The molecule has 8 heteroatoms. The van der Waals surface area contributed by atoms with Gasteiger partial charge in [-0.1, -0.05) is 11.6 Å². The molecule has 0 saturated heterocycles. The Bertz CT molecular complexity index is 1100. The van der Waals surface area contributed by atoms with Crippen molar-refractivity contribution in [3.05, 3.63) is 51.3 Å². The molecule has 6 nitrogen and oxygen atoms in total. The number of ether oxygens (including phenoxy) is 1. The molecule has 0 spiro atoms. The van der Waals surface area contributed by atoms with E-state index in [2.05, 4.69) is 9.97 Å². The lowest BCUT2D eigenvalue weighted by Crippen LogP contribution is -2.29. The molecule has 1 unspecified atom stereocenters. The second-order valence-corrected chi connectivity index (χ2v) is 7.28. The second kappa shape index (κ2) is 7.85. The first kappa shape index (κ1) is 20.2. The fourth-order valence-electron chi connectivity index (χ4n) is 3.06. The van der Waals surface area contributed by atoms with Gasteiger partial charge in [0.25, 0.3) is 5.56 Å². The molecule has 0 saturated carbocycles. The van der Waals surface area contributed by atoms with Crippen LogP contribution in [0.25, 0.3) is 22.3 Å². The highest BCUT2D eigenvalue weighted by Gasteiger charge is 2.18. The Morgan fingerprint density at radius 3 is 2.68 bits per heavy atom. The van der Waals surface area contributed by atoms with Crippen molar-refractivity contribution in [2.75, 3.05) is 26.1 Å². The van der Waals surface area contributed by atoms with E-state index in [0.29, 0.717) is 45.2 Å². The molecule has 28 heavy (non-hydrogen) atoms. The number of pyridine rings is 1. The van der Waals surface area contributed by atoms with Crippen LogP contribution in [-0.4, -0.2) is 41.8 Å². The van der Waals surface area contributed by atoms with Crippen LogP contribution < -0.4 is 10.5 Å². The predicted octanol–water partition coefficient (Wildman–Crippen LogP) is 3.66. The Labute approximate surface area is 167 Å². The van der Waals surface area contributed by atoms with E-state index >= 15 is 0 Å². The van der Waals surface area contributed by atoms with Crippen LogP contribution in [0, 0.1) is 12.7 Å². The van der Waals surface area contributed by atoms with Crippen molar-refractivity contribution in [3.63, 3.8) is 0 Å². The van der Waals surface area contributed by atoms with Crippen LogP contribution in [0.5, 0.6) is 0 Å². The number of hydrogen-bond donors (Lipinski definition) is 0. The Morgan fingerprint density at radius 2 is 2.04 bits per heavy atom. The number of methoxy groups -OCH3 is 1. The third-order valence-electron chi connectivity index (χ3n) is 4.65. The van der Waals surface area contributed by atoms with Crippen molar-refractivity contribution >= 4 is 28.5 Å². The van der Waals surface area contributed by atoms with Crippen molar-refractivity contribution in [1.29, 1.82) is 0 Å². The van der Waals surface area contributed by atoms with E-state index in [1.165, 1.54) is 10.6 Å². The van der Waals surface area contributed by atoms with Gasteiger partial charge in [0, 0.05) is 38.5 Å². The van der Waals surface area contributed by atoms with Crippen molar-refractivity contribution < 1.29 is 9.13 Å². The molecule has 1 atom stereocenters. The van der Waals surface area contributed by atoms with E-state index in [1.807, 2.05) is 6.92 Å². The molecule has 148 valence electrons. The van der Waals surface area contributed by atoms with Crippen molar-refractivity contribution in [2.24, 2.45) is 0 Å². The van der Waals surface area contributed by atoms with Gasteiger partial charge in [-0.05, 0) is 32.0 Å². The van der Waals surface area contributed by atoms with Gasteiger partial charge in [-0.25, -0.2) is 14.4 Å². The third-order valence-corrected chi connectivity index (χ3v) is 4.96. The Morgan fingerprint density at radius 1 is 1.32 bits per heavy atom. The molecular formula is C20H22ClFN4O2. The van der Waals surface area contributed by atoms with Gasteiger partial charge < -0.3 is 9.64 Å². The summed E-state index contributed by atoms with van der Waals surface area (Å²) in [7, 11) is 5.08. The lowest BCUT2D eigenvalue weighted by molar-refractivity contribution is 0.103. The number of hydrogen-bond acceptors (Lipinski definition) is 5. The average molecular weight is 405 g/mol. The maximum Gasteiger partial charge on any atom is 0.273 e. The molecule has 0 aliphatic heterocycles. The number of fused-ring (bicyclic) bond motifs is 1. The largest absolute Gasteiger partial charge is 0.380 e. The highest BCUT2D eigenvalue weighted by atomic mass is 35.5. The zero-order chi connectivity index (χ0) is 20.6. The molecule has 0 aliphatic rings. The first-order valence-electron chi connectivity index (χ1n) is 8.80. The van der Waals surface area contributed by atoms with Crippen molar-refractivity contribution in [2.45, 2.75) is 26.5 Å². The zero-order valence-electron chi connectivity index (χ0n) is 16.5. The van der Waals surface area contributed by atoms with Gasteiger partial charge >= 0.3 is 0 Å². The van der Waals surface area contributed by atoms with Gasteiger partial charge in [-0.15, -0.1) is 0 Å². The molecule has 3 aromatic rings. The van der Waals surface area contributed by atoms with E-state index in [0.717, 1.165) is 0 Å². The zero-order valence-corrected chi connectivity index (χ0v) is 17.2. The first-order chi connectivity index (χ1) is 13.2.